The summed E-state index contributed by atoms with van der Waals surface area (Å²) in [6.07, 6.45) is 20.1. The van der Waals surface area contributed by atoms with Gasteiger partial charge in [-0.15, -0.1) is 0 Å². The smallest absolute Gasteiger partial charge is 0.410 e. The molecule has 734 valence electrons. The molecule has 10 aromatic rings. The topological polar surface area (TPSA) is 347 Å². The number of benzene rings is 10. The van der Waals surface area contributed by atoms with Crippen LogP contribution in [-0.4, -0.2) is 176 Å². The second kappa shape index (κ2) is 42.5. The minimum absolute atomic E-state index is 0.156. The number of carboxylic acid groups (broad SMARTS) is 5. The summed E-state index contributed by atoms with van der Waals surface area (Å²) in [6.45, 7) is 10.3. The van der Waals surface area contributed by atoms with Crippen LogP contribution in [0.2, 0.25) is 0 Å². The van der Waals surface area contributed by atoms with Crippen molar-refractivity contribution in [2.75, 3.05) is 74.9 Å². The first kappa shape index (κ1) is 100. The molecule has 1 amide bonds. The number of nitrogens with one attached hydrogen (secondary N) is 1. The number of Topliss-reactive ketones (excluding diaryl/α,β-unsaturated/α-hetero) is 2. The van der Waals surface area contributed by atoms with Gasteiger partial charge in [0.05, 0.1) is 69.0 Å². The number of carbonyl (C=O) groups excluding carboxylic acids is 3. The highest BCUT2D eigenvalue weighted by Crippen LogP contribution is 2.66. The summed E-state index contributed by atoms with van der Waals surface area (Å²) in [5.41, 5.74) is 13.5. The maximum Gasteiger partial charge on any atom is 0.410 e. The number of aliphatic hydroxyl groups is 1. The second-order valence-corrected chi connectivity index (χ2v) is 41.2. The SMILES string of the molecule is COc1ccc(C(=O)O)cc1-c1ccc(Br)cc1.COc1ccc(C(=O)O)cc1-c1ccc(C2(O)CCC23CCN(C(=O)OC(C)(C)C)C3)cc1.COc1ccc(C(=O)O)cc1-c1ccc(C2CCC23CCNC3)cc1.COc1ccc(C(=O)O)cc1-c1ccc([C@@H]2CC[C@@]23CCC(C(=O)[C@H]2CCCO2)C3)cc1.COc1ccc(C(=O)O)cc1-c1ccc([C@H]2CC[C@@]23CCC(C(=O)[C@H]2CCCO2)C3)cc1. The van der Waals surface area contributed by atoms with Crippen molar-refractivity contribution < 1.29 is 107 Å². The van der Waals surface area contributed by atoms with Crippen molar-refractivity contribution in [2.45, 2.75) is 190 Å². The number of carbonyl (C=O) groups is 8. The number of methoxy groups -OCH3 is 5. The van der Waals surface area contributed by atoms with E-state index < -0.39 is 41.0 Å². The molecular weight excluding hydrogens is 1840 g/mol. The van der Waals surface area contributed by atoms with Crippen molar-refractivity contribution >= 4 is 63.4 Å². The van der Waals surface area contributed by atoms with Crippen LogP contribution in [0.5, 0.6) is 28.7 Å². The predicted molar refractivity (Wildman–Crippen MR) is 536 cm³/mol. The first-order valence-corrected chi connectivity index (χ1v) is 49.5. The van der Waals surface area contributed by atoms with Gasteiger partial charge < -0.3 is 78.8 Å². The quantitative estimate of drug-likeness (QED) is 0.0313. The number of ketones is 2. The Morgan fingerprint density at radius 2 is 0.707 bits per heavy atom. The molecule has 24 nitrogen and oxygen atoms in total. The number of carboxylic acids is 5. The molecule has 6 saturated carbocycles. The molecule has 4 saturated heterocycles. The van der Waals surface area contributed by atoms with Crippen LogP contribution in [0.15, 0.2) is 217 Å². The van der Waals surface area contributed by atoms with Crippen LogP contribution in [0.25, 0.3) is 55.6 Å². The van der Waals surface area contributed by atoms with Crippen LogP contribution in [0.4, 0.5) is 4.79 Å². The summed E-state index contributed by atoms with van der Waals surface area (Å²) >= 11 is 3.37. The minimum atomic E-state index is -1.02. The van der Waals surface area contributed by atoms with Gasteiger partial charge in [0, 0.05) is 82.4 Å². The zero-order chi connectivity index (χ0) is 99.2. The van der Waals surface area contributed by atoms with Gasteiger partial charge in [-0.2, -0.15) is 0 Å². The molecule has 6 unspecified atom stereocenters. The fourth-order valence-electron chi connectivity index (χ4n) is 23.6. The van der Waals surface area contributed by atoms with Crippen molar-refractivity contribution in [3.8, 4) is 84.4 Å². The molecule has 0 bridgehead atoms. The monoisotopic (exact) mass is 1960 g/mol. The van der Waals surface area contributed by atoms with Gasteiger partial charge in [0.1, 0.15) is 46.6 Å². The third kappa shape index (κ3) is 21.1. The number of likely N-dealkylation sites (tertiary alicyclic amines) is 1. The van der Waals surface area contributed by atoms with E-state index in [0.29, 0.717) is 88.6 Å². The maximum atomic E-state index is 12.9. The van der Waals surface area contributed by atoms with Crippen molar-refractivity contribution in [3.05, 3.63) is 267 Å². The Kier molecular flexibility index (Phi) is 30.5. The van der Waals surface area contributed by atoms with Gasteiger partial charge in [0.2, 0.25) is 0 Å². The number of halogens is 1. The highest BCUT2D eigenvalue weighted by molar-refractivity contribution is 9.10. The van der Waals surface area contributed by atoms with Gasteiger partial charge in [-0.05, 0) is 343 Å². The summed E-state index contributed by atoms with van der Waals surface area (Å²) in [5, 5.41) is 61.5. The lowest BCUT2D eigenvalue weighted by Gasteiger charge is -2.54. The van der Waals surface area contributed by atoms with Crippen LogP contribution >= 0.6 is 15.9 Å². The van der Waals surface area contributed by atoms with Gasteiger partial charge in [-0.25, -0.2) is 28.8 Å². The molecular formula is C115H125BrN2O22. The highest BCUT2D eigenvalue weighted by Gasteiger charge is 2.63. The number of ether oxygens (including phenoxy) is 8. The fourth-order valence-corrected chi connectivity index (χ4v) is 23.8. The van der Waals surface area contributed by atoms with E-state index in [0.717, 1.165) is 176 Å². The normalized spacial score (nSPS) is 24.8. The van der Waals surface area contributed by atoms with E-state index in [9.17, 15) is 63.9 Å². The third-order valence-corrected chi connectivity index (χ3v) is 32.2. The molecule has 10 aliphatic rings. The Hall–Kier alpha value is -12.5. The molecule has 140 heavy (non-hydrogen) atoms. The minimum Gasteiger partial charge on any atom is -0.496 e. The lowest BCUT2D eigenvalue weighted by atomic mass is 9.53. The lowest BCUT2D eigenvalue weighted by molar-refractivity contribution is -0.168. The Morgan fingerprint density at radius 3 is 0.979 bits per heavy atom. The predicted octanol–water partition coefficient (Wildman–Crippen LogP) is 23.4. The molecule has 12 atom stereocenters. The summed E-state index contributed by atoms with van der Waals surface area (Å²) in [6, 6.07) is 65.1. The van der Waals surface area contributed by atoms with E-state index >= 15 is 0 Å². The third-order valence-electron chi connectivity index (χ3n) is 31.7. The standard InChI is InChI=1S/2C27H30O5.C26H31NO6.C21H23NO3.C14H11BrO3/c2*1-31-23-9-8-19(26(29)30)15-21(23)17-4-6-18(7-5-17)22-11-13-27(22)12-10-20(16-27)25(28)24-3-2-14-32-24;1-24(2,3)33-23(30)27-14-13-25(16-27)11-12-26(25,31)19-8-5-17(6-9-19)20-15-18(22(28)29)7-10-21(20)32-4;1-25-19-7-6-16(20(23)24)12-17(19)14-2-4-15(5-3-14)18-8-9-21(18)10-11-22-13-21;1-18-13-7-4-10(14(16)17)8-12(13)9-2-5-11(15)6-3-9/h2*4-9,15,20,22,24H,2-3,10-14,16H2,1H3,(H,29,30);5-10,15,31H,11-14,16H2,1-4H3,(H,28,29);2-7,12,18,22H,8-11,13H2,1H3,(H,23,24);2-8H,1H3,(H,16,17)/t20?,22-,24+,27+;20?,22-,24-,27-;;;/m01.../s1. The summed E-state index contributed by atoms with van der Waals surface area (Å²) < 4.78 is 44.8. The van der Waals surface area contributed by atoms with Crippen molar-refractivity contribution in [2.24, 2.45) is 33.5 Å². The molecule has 6 aliphatic carbocycles. The molecule has 0 aromatic heterocycles. The van der Waals surface area contributed by atoms with Crippen LogP contribution in [0, 0.1) is 33.5 Å². The number of rotatable bonds is 23. The Labute approximate surface area is 825 Å². The van der Waals surface area contributed by atoms with Crippen LogP contribution in [-0.2, 0) is 29.4 Å². The van der Waals surface area contributed by atoms with E-state index in [1.54, 1.807) is 119 Å². The van der Waals surface area contributed by atoms with Gasteiger partial charge >= 0.3 is 35.9 Å². The van der Waals surface area contributed by atoms with E-state index in [-0.39, 0.29) is 74.2 Å². The average molecular weight is 1970 g/mol. The fraction of sp³-hybridized carbons (Fsp3) is 0.409. The van der Waals surface area contributed by atoms with Crippen molar-refractivity contribution in [1.82, 2.24) is 10.2 Å². The van der Waals surface area contributed by atoms with Gasteiger partial charge in [0.25, 0.3) is 0 Å². The van der Waals surface area contributed by atoms with Crippen molar-refractivity contribution in [3.63, 3.8) is 0 Å². The molecule has 10 aromatic carbocycles. The molecule has 25 heteroatoms. The molecule has 20 rings (SSSR count). The molecule has 0 radical (unpaired) electrons. The largest absolute Gasteiger partial charge is 0.496 e. The maximum absolute atomic E-state index is 12.9. The Balaban J connectivity index is 0.000000128. The number of aromatic carboxylic acids is 5. The van der Waals surface area contributed by atoms with Crippen molar-refractivity contribution in [1.29, 1.82) is 0 Å². The van der Waals surface area contributed by atoms with E-state index in [1.807, 2.05) is 69.3 Å². The summed E-state index contributed by atoms with van der Waals surface area (Å²) in [4.78, 5) is 96.5. The van der Waals surface area contributed by atoms with E-state index in [2.05, 4.69) is 94.0 Å². The molecule has 10 fully saturated rings. The lowest BCUT2D eigenvalue weighted by Crippen LogP contribution is -2.56. The van der Waals surface area contributed by atoms with Gasteiger partial charge in [-0.1, -0.05) is 125 Å². The number of hydrogen-bond donors (Lipinski definition) is 7. The average Bonchev–Trinajstić information content (AvgIpc) is 1.68. The molecule has 4 aliphatic heterocycles. The number of amides is 1. The Bertz CT molecular complexity index is 6050. The zero-order valence-corrected chi connectivity index (χ0v) is 82.3. The summed E-state index contributed by atoms with van der Waals surface area (Å²) in [7, 11) is 7.92. The summed E-state index contributed by atoms with van der Waals surface area (Å²) in [5.74, 6) is 1.09. The van der Waals surface area contributed by atoms with Gasteiger partial charge in [-0.3, -0.25) is 9.59 Å². The molecule has 7 N–H and O–H groups in total. The number of hydrogen-bond acceptors (Lipinski definition) is 18. The van der Waals surface area contributed by atoms with Crippen LogP contribution < -0.4 is 29.0 Å². The highest BCUT2D eigenvalue weighted by atomic mass is 79.9. The van der Waals surface area contributed by atoms with Gasteiger partial charge in [0.15, 0.2) is 11.6 Å². The van der Waals surface area contributed by atoms with Crippen LogP contribution in [0.1, 0.15) is 241 Å². The second-order valence-electron chi connectivity index (χ2n) is 40.3. The first-order chi connectivity index (χ1) is 67.2. The number of nitrogens with zero attached hydrogens (tertiary/aromatic N) is 1. The zero-order valence-electron chi connectivity index (χ0n) is 80.7. The Morgan fingerprint density at radius 1 is 0.386 bits per heavy atom. The van der Waals surface area contributed by atoms with E-state index in [1.165, 1.54) is 60.9 Å². The van der Waals surface area contributed by atoms with Crippen LogP contribution in [0.3, 0.4) is 0 Å². The van der Waals surface area contributed by atoms with E-state index in [4.69, 9.17) is 43.0 Å². The molecule has 4 heterocycles. The first-order valence-electron chi connectivity index (χ1n) is 48.7. The molecule has 4 spiro atoms.